The molecule has 0 aliphatic carbocycles. The number of hydrogen-bond acceptors (Lipinski definition) is 1. The Kier molecular flexibility index (Phi) is 2.82. The van der Waals surface area contributed by atoms with E-state index in [-0.39, 0.29) is 21.2 Å². The first kappa shape index (κ1) is 10.1. The zero-order valence-electron chi connectivity index (χ0n) is 8.82. The molecule has 1 heterocycles. The van der Waals surface area contributed by atoms with E-state index in [1.54, 1.807) is 0 Å². The van der Waals surface area contributed by atoms with Gasteiger partial charge in [-0.05, 0) is 30.3 Å². The summed E-state index contributed by atoms with van der Waals surface area (Å²) >= 11 is -0.0347. The molecule has 0 N–H and O–H groups in total. The van der Waals surface area contributed by atoms with Crippen molar-refractivity contribution in [2.24, 2.45) is 0 Å². The van der Waals surface area contributed by atoms with Gasteiger partial charge in [-0.15, -0.1) is 0 Å². The molecule has 0 amide bonds. The van der Waals surface area contributed by atoms with E-state index in [0.717, 1.165) is 18.8 Å². The topological polar surface area (TPSA) is 9.23 Å². The summed E-state index contributed by atoms with van der Waals surface area (Å²) in [5.41, 5.74) is 1.38. The van der Waals surface area contributed by atoms with Gasteiger partial charge in [-0.2, -0.15) is 0 Å². The Hall–Kier alpha value is -1.03. The molecule has 1 aliphatic heterocycles. The average Bonchev–Trinajstić information content (AvgIpc) is 2.77. The first-order chi connectivity index (χ1) is 7.92. The van der Waals surface area contributed by atoms with Crippen molar-refractivity contribution in [3.8, 4) is 5.75 Å². The molecule has 1 aliphatic rings. The lowest BCUT2D eigenvalue weighted by Gasteiger charge is -1.95. The molecular formula is C14H12IO+. The van der Waals surface area contributed by atoms with Crippen LogP contribution in [0.1, 0.15) is 5.56 Å². The number of benzene rings is 2. The number of hydrogen-bond donors (Lipinski definition) is 0. The Labute approximate surface area is 106 Å². The molecule has 0 saturated carbocycles. The maximum absolute atomic E-state index is 5.52. The summed E-state index contributed by atoms with van der Waals surface area (Å²) in [6.45, 7) is 0.850. The van der Waals surface area contributed by atoms with E-state index in [2.05, 4.69) is 48.5 Å². The van der Waals surface area contributed by atoms with Gasteiger partial charge in [-0.25, -0.2) is 0 Å². The van der Waals surface area contributed by atoms with E-state index in [0.29, 0.717) is 0 Å². The van der Waals surface area contributed by atoms with Crippen LogP contribution in [0.5, 0.6) is 5.75 Å². The van der Waals surface area contributed by atoms with Crippen molar-refractivity contribution in [3.05, 3.63) is 61.2 Å². The monoisotopic (exact) mass is 323 g/mol. The van der Waals surface area contributed by atoms with Crippen LogP contribution in [0.25, 0.3) is 0 Å². The van der Waals surface area contributed by atoms with Crippen molar-refractivity contribution in [1.29, 1.82) is 0 Å². The highest BCUT2D eigenvalue weighted by molar-refractivity contribution is 5.35. The van der Waals surface area contributed by atoms with Gasteiger partial charge in [0.25, 0.3) is 0 Å². The maximum atomic E-state index is 5.52. The van der Waals surface area contributed by atoms with E-state index in [1.807, 2.05) is 0 Å². The summed E-state index contributed by atoms with van der Waals surface area (Å²) in [6.07, 6.45) is 1.07. The molecule has 0 spiro atoms. The van der Waals surface area contributed by atoms with Crippen LogP contribution in [0.4, 0.5) is 0 Å². The van der Waals surface area contributed by atoms with Gasteiger partial charge in [0.1, 0.15) is 5.75 Å². The molecule has 0 radical (unpaired) electrons. The van der Waals surface area contributed by atoms with E-state index in [4.69, 9.17) is 4.74 Å². The first-order valence-electron chi connectivity index (χ1n) is 5.37. The molecule has 2 heteroatoms. The number of fused-ring (bicyclic) bond motifs is 1. The highest BCUT2D eigenvalue weighted by atomic mass is 127. The van der Waals surface area contributed by atoms with Crippen molar-refractivity contribution < 1.29 is 25.9 Å². The van der Waals surface area contributed by atoms with Crippen LogP contribution < -0.4 is 25.9 Å². The largest absolute Gasteiger partial charge is 0.493 e. The molecule has 0 fully saturated rings. The van der Waals surface area contributed by atoms with Gasteiger partial charge in [0.2, 0.25) is 0 Å². The minimum absolute atomic E-state index is 0.0347. The SMILES string of the molecule is c1ccc([I+]c2ccc3c(c2)CCO3)cc1. The number of halogens is 1. The van der Waals surface area contributed by atoms with E-state index >= 15 is 0 Å². The predicted molar refractivity (Wildman–Crippen MR) is 59.5 cm³/mol. The summed E-state index contributed by atoms with van der Waals surface area (Å²) in [4.78, 5) is 0. The van der Waals surface area contributed by atoms with Crippen LogP contribution in [0, 0.1) is 7.14 Å². The third kappa shape index (κ3) is 2.07. The lowest BCUT2D eigenvalue weighted by molar-refractivity contribution is -0.597. The van der Waals surface area contributed by atoms with Gasteiger partial charge in [-0.3, -0.25) is 0 Å². The Bertz CT molecular complexity index is 493. The van der Waals surface area contributed by atoms with Crippen molar-refractivity contribution in [3.63, 3.8) is 0 Å². The average molecular weight is 323 g/mol. The molecule has 0 unspecified atom stereocenters. The van der Waals surface area contributed by atoms with E-state index in [9.17, 15) is 0 Å². The molecule has 0 aromatic heterocycles. The highest BCUT2D eigenvalue weighted by Crippen LogP contribution is 2.23. The summed E-state index contributed by atoms with van der Waals surface area (Å²) in [5.74, 6) is 1.08. The van der Waals surface area contributed by atoms with E-state index < -0.39 is 0 Å². The molecule has 1 nitrogen and oxygen atoms in total. The molecule has 0 atom stereocenters. The highest BCUT2D eigenvalue weighted by Gasteiger charge is 2.19. The fourth-order valence-electron chi connectivity index (χ4n) is 1.82. The molecule has 2 aromatic carbocycles. The zero-order valence-corrected chi connectivity index (χ0v) is 11.0. The first-order valence-corrected chi connectivity index (χ1v) is 7.53. The molecule has 2 aromatic rings. The Morgan fingerprint density at radius 3 is 2.69 bits per heavy atom. The van der Waals surface area contributed by atoms with Gasteiger partial charge < -0.3 is 4.74 Å². The van der Waals surface area contributed by atoms with Crippen LogP contribution >= 0.6 is 0 Å². The standard InChI is InChI=1S/C14H12IO/c1-2-4-12(5-3-1)15-13-6-7-14-11(10-13)8-9-16-14/h1-7,10H,8-9H2/q+1. The smallest absolute Gasteiger partial charge is 0.357 e. The second-order valence-corrected chi connectivity index (χ2v) is 6.77. The van der Waals surface area contributed by atoms with Gasteiger partial charge >= 0.3 is 21.2 Å². The minimum Gasteiger partial charge on any atom is -0.493 e. The van der Waals surface area contributed by atoms with Crippen LogP contribution in [0.15, 0.2) is 48.5 Å². The lowest BCUT2D eigenvalue weighted by atomic mass is 10.2. The van der Waals surface area contributed by atoms with Gasteiger partial charge in [0, 0.05) is 12.0 Å². The van der Waals surface area contributed by atoms with Crippen LogP contribution in [-0.4, -0.2) is 6.61 Å². The van der Waals surface area contributed by atoms with Gasteiger partial charge in [-0.1, -0.05) is 18.2 Å². The Morgan fingerprint density at radius 1 is 0.938 bits per heavy atom. The third-order valence-electron chi connectivity index (χ3n) is 2.60. The fraction of sp³-hybridized carbons (Fsp3) is 0.143. The quantitative estimate of drug-likeness (QED) is 0.693. The maximum Gasteiger partial charge on any atom is 0.357 e. The summed E-state index contributed by atoms with van der Waals surface area (Å²) in [6, 6.07) is 17.4. The van der Waals surface area contributed by atoms with E-state index in [1.165, 1.54) is 12.7 Å². The molecule has 80 valence electrons. The second-order valence-electron chi connectivity index (χ2n) is 3.74. The number of ether oxygens (including phenoxy) is 1. The van der Waals surface area contributed by atoms with Gasteiger partial charge in [0.05, 0.1) is 6.61 Å². The molecule has 0 bridgehead atoms. The van der Waals surface area contributed by atoms with Crippen molar-refractivity contribution >= 4 is 0 Å². The molecule has 0 saturated heterocycles. The van der Waals surface area contributed by atoms with Crippen molar-refractivity contribution in [1.82, 2.24) is 0 Å². The van der Waals surface area contributed by atoms with Crippen molar-refractivity contribution in [2.45, 2.75) is 6.42 Å². The second kappa shape index (κ2) is 4.45. The van der Waals surface area contributed by atoms with Gasteiger partial charge in [0.15, 0.2) is 7.14 Å². The predicted octanol–water partition coefficient (Wildman–Crippen LogP) is -0.250. The van der Waals surface area contributed by atoms with Crippen molar-refractivity contribution in [2.75, 3.05) is 6.61 Å². The fourth-order valence-corrected chi connectivity index (χ4v) is 4.20. The van der Waals surface area contributed by atoms with Crippen LogP contribution in [0.3, 0.4) is 0 Å². The number of rotatable bonds is 2. The van der Waals surface area contributed by atoms with Crippen LogP contribution in [0.2, 0.25) is 0 Å². The summed E-state index contributed by atoms with van der Waals surface area (Å²) in [7, 11) is 0. The van der Waals surface area contributed by atoms with Crippen LogP contribution in [-0.2, 0) is 6.42 Å². The third-order valence-corrected chi connectivity index (χ3v) is 5.24. The molecule has 3 rings (SSSR count). The molecular weight excluding hydrogens is 311 g/mol. The Morgan fingerprint density at radius 2 is 1.81 bits per heavy atom. The normalized spacial score (nSPS) is 13.2. The zero-order chi connectivity index (χ0) is 10.8. The summed E-state index contributed by atoms with van der Waals surface area (Å²) in [5, 5.41) is 0. The molecule has 16 heavy (non-hydrogen) atoms. The lowest BCUT2D eigenvalue weighted by Crippen LogP contribution is -3.61. The minimum atomic E-state index is -0.0347. The Balaban J connectivity index is 1.86. The summed E-state index contributed by atoms with van der Waals surface area (Å²) < 4.78 is 8.47.